The van der Waals surface area contributed by atoms with Gasteiger partial charge in [-0.1, -0.05) is 113 Å². The Kier molecular flexibility index (Phi) is 14.9. The van der Waals surface area contributed by atoms with E-state index < -0.39 is 22.2 Å². The summed E-state index contributed by atoms with van der Waals surface area (Å²) < 4.78 is 42.2. The van der Waals surface area contributed by atoms with Crippen molar-refractivity contribution >= 4 is 16.6 Å². The predicted molar refractivity (Wildman–Crippen MR) is 209 cm³/mol. The maximum atomic E-state index is 10.1. The van der Waals surface area contributed by atoms with Gasteiger partial charge in [-0.15, -0.1) is 0 Å². The maximum absolute atomic E-state index is 10.1. The third-order valence-electron chi connectivity index (χ3n) is 12.8. The van der Waals surface area contributed by atoms with Gasteiger partial charge in [0.25, 0.3) is 0 Å². The molecule has 1 aromatic carbocycles. The first-order valence-electron chi connectivity index (χ1n) is 20.1. The van der Waals surface area contributed by atoms with Crippen molar-refractivity contribution < 1.29 is 32.9 Å². The summed E-state index contributed by atoms with van der Waals surface area (Å²) in [6.45, 7) is 31.7. The summed E-state index contributed by atoms with van der Waals surface area (Å²) in [4.78, 5) is 0. The molecule has 0 amide bonds. The summed E-state index contributed by atoms with van der Waals surface area (Å²) in [5, 5.41) is 10.1. The van der Waals surface area contributed by atoms with E-state index in [1.54, 1.807) is 0 Å². The molecule has 0 radical (unpaired) electrons. The van der Waals surface area contributed by atoms with Crippen LogP contribution in [0.5, 0.6) is 0 Å². The van der Waals surface area contributed by atoms with Crippen LogP contribution in [0, 0.1) is 0 Å². The zero-order valence-corrected chi connectivity index (χ0v) is 35.9. The molecule has 3 heterocycles. The van der Waals surface area contributed by atoms with Gasteiger partial charge in [-0.3, -0.25) is 0 Å². The van der Waals surface area contributed by atoms with Crippen LogP contribution >= 0.6 is 0 Å². The van der Waals surface area contributed by atoms with Crippen LogP contribution < -0.4 is 0 Å². The van der Waals surface area contributed by atoms with Crippen molar-refractivity contribution in [3.05, 3.63) is 35.9 Å². The molecule has 3 saturated heterocycles. The number of hydrogen-bond donors (Lipinski definition) is 1. The monoisotopic (exact) mass is 734 g/mol. The number of hydrogen-bond acceptors (Lipinski definition) is 7. The predicted octanol–water partition coefficient (Wildman–Crippen LogP) is 9.96. The van der Waals surface area contributed by atoms with Gasteiger partial charge in [0, 0.05) is 38.9 Å². The minimum Gasteiger partial charge on any atom is -0.416 e. The van der Waals surface area contributed by atoms with Crippen molar-refractivity contribution in [1.29, 1.82) is 0 Å². The minimum atomic E-state index is -2.20. The van der Waals surface area contributed by atoms with Crippen LogP contribution in [0.4, 0.5) is 0 Å². The van der Waals surface area contributed by atoms with Gasteiger partial charge in [0.2, 0.25) is 8.32 Å². The first-order valence-corrected chi connectivity index (χ1v) is 24.4. The summed E-state index contributed by atoms with van der Waals surface area (Å²) in [5.74, 6) is 0. The molecule has 1 aromatic rings. The third kappa shape index (κ3) is 8.84. The van der Waals surface area contributed by atoms with Gasteiger partial charge >= 0.3 is 0 Å². The molecule has 0 aromatic heterocycles. The van der Waals surface area contributed by atoms with Crippen LogP contribution in [0.25, 0.3) is 0 Å². The lowest BCUT2D eigenvalue weighted by Gasteiger charge is -2.55. The fourth-order valence-corrected chi connectivity index (χ4v) is 21.6. The molecular weight excluding hydrogens is 661 g/mol. The summed E-state index contributed by atoms with van der Waals surface area (Å²) in [6.07, 6.45) is 3.02. The molecule has 288 valence electrons. The number of benzene rings is 1. The lowest BCUT2D eigenvalue weighted by molar-refractivity contribution is -0.306. The normalized spacial score (nSPS) is 30.9. The van der Waals surface area contributed by atoms with Crippen LogP contribution in [0.1, 0.15) is 128 Å². The largest absolute Gasteiger partial charge is 0.416 e. The molecule has 7 nitrogen and oxygen atoms in total. The van der Waals surface area contributed by atoms with Crippen molar-refractivity contribution in [1.82, 2.24) is 0 Å². The molecule has 9 heteroatoms. The second-order valence-electron chi connectivity index (χ2n) is 17.8. The van der Waals surface area contributed by atoms with E-state index in [-0.39, 0.29) is 49.3 Å². The van der Waals surface area contributed by atoms with E-state index in [9.17, 15) is 5.11 Å². The topological polar surface area (TPSA) is 75.6 Å². The number of fused-ring (bicyclic) bond motifs is 2. The highest BCUT2D eigenvalue weighted by molar-refractivity contribution is 6.78. The molecule has 3 aliphatic rings. The van der Waals surface area contributed by atoms with Gasteiger partial charge in [0.05, 0.1) is 54.9 Å². The van der Waals surface area contributed by atoms with E-state index >= 15 is 0 Å². The van der Waals surface area contributed by atoms with E-state index in [4.69, 9.17) is 27.8 Å². The van der Waals surface area contributed by atoms with Crippen molar-refractivity contribution in [2.75, 3.05) is 13.2 Å². The number of aliphatic hydroxyl groups is 1. The molecule has 50 heavy (non-hydrogen) atoms. The quantitative estimate of drug-likeness (QED) is 0.160. The van der Waals surface area contributed by atoms with Gasteiger partial charge in [-0.05, 0) is 52.2 Å². The zero-order chi connectivity index (χ0) is 37.0. The highest BCUT2D eigenvalue weighted by Gasteiger charge is 2.55. The molecule has 8 atom stereocenters. The number of ether oxygens (including phenoxy) is 4. The van der Waals surface area contributed by atoms with Crippen molar-refractivity contribution in [2.24, 2.45) is 0 Å². The van der Waals surface area contributed by atoms with Crippen LogP contribution in [-0.2, 0) is 34.4 Å². The first kappa shape index (κ1) is 42.1. The van der Waals surface area contributed by atoms with E-state index in [0.717, 1.165) is 31.2 Å². The molecular formula is C41H74O7Si2. The Bertz CT molecular complexity index is 1120. The summed E-state index contributed by atoms with van der Waals surface area (Å²) in [6, 6.07) is 10.3. The summed E-state index contributed by atoms with van der Waals surface area (Å²) in [7, 11) is -4.21. The van der Waals surface area contributed by atoms with E-state index in [1.165, 1.54) is 0 Å². The fraction of sp³-hybridized carbons (Fsp3) is 0.854. The fourth-order valence-electron chi connectivity index (χ4n) is 10.5. The van der Waals surface area contributed by atoms with Crippen LogP contribution in [0.15, 0.2) is 30.3 Å². The Balaban J connectivity index is 1.57. The molecule has 0 unspecified atom stereocenters. The van der Waals surface area contributed by atoms with Gasteiger partial charge in [-0.25, -0.2) is 0 Å². The molecule has 0 spiro atoms. The lowest BCUT2D eigenvalue weighted by atomic mass is 9.81. The molecule has 0 bridgehead atoms. The average Bonchev–Trinajstić information content (AvgIpc) is 3.03. The number of aliphatic hydroxyl groups excluding tert-OH is 1. The van der Waals surface area contributed by atoms with Gasteiger partial charge in [0.1, 0.15) is 0 Å². The second kappa shape index (κ2) is 17.7. The molecule has 1 N–H and O–H groups in total. The van der Waals surface area contributed by atoms with Gasteiger partial charge < -0.3 is 32.9 Å². The Labute approximate surface area is 308 Å². The van der Waals surface area contributed by atoms with E-state index in [2.05, 4.69) is 102 Å². The molecule has 3 fully saturated rings. The third-order valence-corrected chi connectivity index (χ3v) is 25.1. The Morgan fingerprint density at radius 1 is 0.720 bits per heavy atom. The molecule has 4 rings (SSSR count). The molecule has 3 aliphatic heterocycles. The molecule has 0 saturated carbocycles. The highest BCUT2D eigenvalue weighted by Crippen LogP contribution is 2.48. The van der Waals surface area contributed by atoms with E-state index in [0.29, 0.717) is 52.9 Å². The van der Waals surface area contributed by atoms with Gasteiger partial charge in [0.15, 0.2) is 8.32 Å². The molecule has 0 aliphatic carbocycles. The smallest absolute Gasteiger partial charge is 0.200 e. The zero-order valence-electron chi connectivity index (χ0n) is 33.9. The number of rotatable bonds is 17. The highest BCUT2D eigenvalue weighted by atomic mass is 28.4. The van der Waals surface area contributed by atoms with Crippen LogP contribution in [0.2, 0.25) is 33.2 Å². The van der Waals surface area contributed by atoms with E-state index in [1.807, 2.05) is 18.2 Å². The van der Waals surface area contributed by atoms with Gasteiger partial charge in [-0.2, -0.15) is 0 Å². The van der Waals surface area contributed by atoms with Crippen molar-refractivity contribution in [3.8, 4) is 0 Å². The van der Waals surface area contributed by atoms with Crippen molar-refractivity contribution in [2.45, 2.75) is 210 Å². The minimum absolute atomic E-state index is 0.0437. The Morgan fingerprint density at radius 2 is 1.26 bits per heavy atom. The summed E-state index contributed by atoms with van der Waals surface area (Å²) >= 11 is 0. The standard InChI is InChI=1S/C41H74O7Si2/c1-27(2)49(28(3)4,29(5)6)44-22-19-34-39(48-50(30(7)8,31(9)10)32(11)12)24-36-35(45-34)23-38-37(46-36)25-40(41(13,47-38)20-21-42)43-26-33-17-15-14-16-18-33/h14-18,27-32,34-40,42H,19-26H2,1-13H3/t34-,35+,36-,37+,38-,39+,40-,41+/m0/s1. The van der Waals surface area contributed by atoms with Crippen LogP contribution in [-0.4, -0.2) is 83.3 Å². The Hall–Kier alpha value is -0.626. The maximum Gasteiger partial charge on any atom is 0.200 e. The second-order valence-corrected chi connectivity index (χ2v) is 28.7. The lowest BCUT2D eigenvalue weighted by Crippen LogP contribution is -2.64. The first-order chi connectivity index (χ1) is 23.5. The van der Waals surface area contributed by atoms with Crippen LogP contribution in [0.3, 0.4) is 0 Å². The van der Waals surface area contributed by atoms with Crippen molar-refractivity contribution in [3.63, 3.8) is 0 Å². The SMILES string of the molecule is CC(C)[Si](OCC[C@@H]1O[C@@H]2C[C@@H]3O[C@](C)(CCO)[C@@H](OCc4ccccc4)C[C@H]3O[C@H]2C[C@H]1O[Si](C(C)C)(C(C)C)C(C)C)(C(C)C)C(C)C. The Morgan fingerprint density at radius 3 is 1.80 bits per heavy atom. The average molecular weight is 735 g/mol. The summed E-state index contributed by atoms with van der Waals surface area (Å²) in [5.41, 5.74) is 3.58.